The van der Waals surface area contributed by atoms with E-state index < -0.39 is 0 Å². The van der Waals surface area contributed by atoms with Gasteiger partial charge in [0.1, 0.15) is 0 Å². The first-order chi connectivity index (χ1) is 10.2. The van der Waals surface area contributed by atoms with E-state index in [9.17, 15) is 4.79 Å². The molecule has 1 unspecified atom stereocenters. The molecule has 1 aromatic heterocycles. The van der Waals surface area contributed by atoms with Gasteiger partial charge in [0.2, 0.25) is 0 Å². The summed E-state index contributed by atoms with van der Waals surface area (Å²) >= 11 is 0. The molecule has 7 heteroatoms. The van der Waals surface area contributed by atoms with E-state index >= 15 is 0 Å². The fraction of sp³-hybridized carbons (Fsp3) is 0.625. The topological polar surface area (TPSA) is 63.2 Å². The highest BCUT2D eigenvalue weighted by atomic mass is 35.5. The lowest BCUT2D eigenvalue weighted by molar-refractivity contribution is -0.114. The summed E-state index contributed by atoms with van der Waals surface area (Å²) in [6.45, 7) is 4.58. The number of carbonyl (C=O) groups excluding carboxylic acids is 1. The first-order valence-electron chi connectivity index (χ1n) is 7.78. The van der Waals surface area contributed by atoms with Crippen molar-refractivity contribution in [2.24, 2.45) is 0 Å². The third kappa shape index (κ3) is 4.35. The van der Waals surface area contributed by atoms with Crippen LogP contribution >= 0.6 is 24.8 Å². The van der Waals surface area contributed by atoms with Gasteiger partial charge in [-0.05, 0) is 57.8 Å². The van der Waals surface area contributed by atoms with Crippen LogP contribution in [0.4, 0.5) is 0 Å². The molecule has 2 aliphatic rings. The van der Waals surface area contributed by atoms with Gasteiger partial charge in [0.25, 0.3) is 5.91 Å². The molecule has 2 saturated heterocycles. The van der Waals surface area contributed by atoms with Crippen LogP contribution in [0.15, 0.2) is 18.3 Å². The third-order valence-electron chi connectivity index (χ3n) is 4.67. The second-order valence-corrected chi connectivity index (χ2v) is 5.97. The van der Waals surface area contributed by atoms with E-state index in [2.05, 4.69) is 15.6 Å². The SMILES string of the molecule is Cc1ncccc1C(=O)NC1CCCOC12CCNCC2.Cl.Cl. The van der Waals surface area contributed by atoms with Crippen LogP contribution in [-0.2, 0) is 4.74 Å². The summed E-state index contributed by atoms with van der Waals surface area (Å²) in [6.07, 6.45) is 5.63. The number of aryl methyl sites for hydroxylation is 1. The fourth-order valence-corrected chi connectivity index (χ4v) is 3.43. The molecule has 0 saturated carbocycles. The molecule has 23 heavy (non-hydrogen) atoms. The van der Waals surface area contributed by atoms with Crippen molar-refractivity contribution in [2.45, 2.75) is 44.2 Å². The van der Waals surface area contributed by atoms with Crippen LogP contribution in [0.3, 0.4) is 0 Å². The fourth-order valence-electron chi connectivity index (χ4n) is 3.43. The van der Waals surface area contributed by atoms with Gasteiger partial charge in [0.05, 0.1) is 17.2 Å². The maximum Gasteiger partial charge on any atom is 0.253 e. The number of ether oxygens (including phenoxy) is 1. The second kappa shape index (κ2) is 8.83. The van der Waals surface area contributed by atoms with Crippen LogP contribution in [0.5, 0.6) is 0 Å². The Morgan fingerprint density at radius 2 is 2.13 bits per heavy atom. The lowest BCUT2D eigenvalue weighted by atomic mass is 9.80. The molecule has 0 radical (unpaired) electrons. The number of halogens is 2. The van der Waals surface area contributed by atoms with E-state index in [4.69, 9.17) is 4.74 Å². The summed E-state index contributed by atoms with van der Waals surface area (Å²) in [7, 11) is 0. The van der Waals surface area contributed by atoms with E-state index in [0.29, 0.717) is 5.56 Å². The molecule has 1 atom stereocenters. The zero-order valence-electron chi connectivity index (χ0n) is 13.3. The second-order valence-electron chi connectivity index (χ2n) is 5.97. The molecule has 5 nitrogen and oxygen atoms in total. The Morgan fingerprint density at radius 1 is 1.39 bits per heavy atom. The molecular formula is C16H25Cl2N3O2. The Bertz CT molecular complexity index is 514. The van der Waals surface area contributed by atoms with Crippen molar-refractivity contribution in [3.63, 3.8) is 0 Å². The average Bonchev–Trinajstić information content (AvgIpc) is 2.51. The maximum absolute atomic E-state index is 12.5. The highest BCUT2D eigenvalue weighted by molar-refractivity contribution is 5.95. The van der Waals surface area contributed by atoms with Crippen LogP contribution in [0.25, 0.3) is 0 Å². The lowest BCUT2D eigenvalue weighted by Crippen LogP contribution is -2.60. The monoisotopic (exact) mass is 361 g/mol. The van der Waals surface area contributed by atoms with E-state index in [-0.39, 0.29) is 42.4 Å². The highest BCUT2D eigenvalue weighted by Gasteiger charge is 2.43. The predicted molar refractivity (Wildman–Crippen MR) is 94.7 cm³/mol. The number of hydrogen-bond acceptors (Lipinski definition) is 4. The molecule has 130 valence electrons. The molecule has 1 spiro atoms. The van der Waals surface area contributed by atoms with Gasteiger partial charge in [0, 0.05) is 18.5 Å². The summed E-state index contributed by atoms with van der Waals surface area (Å²) < 4.78 is 6.12. The Hall–Kier alpha value is -0.880. The zero-order chi connectivity index (χ0) is 14.7. The first kappa shape index (κ1) is 20.2. The predicted octanol–water partition coefficient (Wildman–Crippen LogP) is 2.26. The molecule has 0 aliphatic carbocycles. The Morgan fingerprint density at radius 3 is 2.83 bits per heavy atom. The molecule has 2 fully saturated rings. The van der Waals surface area contributed by atoms with Crippen molar-refractivity contribution in [1.29, 1.82) is 0 Å². The quantitative estimate of drug-likeness (QED) is 0.847. The Labute approximate surface area is 149 Å². The molecule has 1 amide bonds. The summed E-state index contributed by atoms with van der Waals surface area (Å²) in [5.41, 5.74) is 1.24. The van der Waals surface area contributed by atoms with E-state index in [1.807, 2.05) is 13.0 Å². The van der Waals surface area contributed by atoms with Crippen molar-refractivity contribution < 1.29 is 9.53 Å². The number of piperidine rings is 1. The molecule has 2 aliphatic heterocycles. The van der Waals surface area contributed by atoms with Gasteiger partial charge in [0.15, 0.2) is 0 Å². The minimum atomic E-state index is -0.185. The number of amides is 1. The van der Waals surface area contributed by atoms with E-state index in [1.54, 1.807) is 12.3 Å². The number of nitrogens with one attached hydrogen (secondary N) is 2. The van der Waals surface area contributed by atoms with Crippen LogP contribution in [-0.4, -0.2) is 42.2 Å². The summed E-state index contributed by atoms with van der Waals surface area (Å²) in [5.74, 6) is -0.0333. The van der Waals surface area contributed by atoms with Crippen molar-refractivity contribution in [3.05, 3.63) is 29.6 Å². The van der Waals surface area contributed by atoms with Crippen LogP contribution < -0.4 is 10.6 Å². The van der Waals surface area contributed by atoms with Crippen LogP contribution in [0.2, 0.25) is 0 Å². The summed E-state index contributed by atoms with van der Waals surface area (Å²) in [6, 6.07) is 3.73. The van der Waals surface area contributed by atoms with Crippen LogP contribution in [0, 0.1) is 6.92 Å². The molecule has 0 bridgehead atoms. The van der Waals surface area contributed by atoms with Gasteiger partial charge in [-0.25, -0.2) is 0 Å². The number of carbonyl (C=O) groups is 1. The molecule has 1 aromatic rings. The standard InChI is InChI=1S/C16H23N3O2.2ClH/c1-12-13(4-2-8-18-12)15(20)19-14-5-3-11-21-16(14)6-9-17-10-7-16;;/h2,4,8,14,17H,3,5-7,9-11H2,1H3,(H,19,20);2*1H. The lowest BCUT2D eigenvalue weighted by Gasteiger charge is -2.46. The van der Waals surface area contributed by atoms with Gasteiger partial charge in [-0.2, -0.15) is 0 Å². The van der Waals surface area contributed by atoms with E-state index in [1.165, 1.54) is 0 Å². The minimum Gasteiger partial charge on any atom is -0.373 e. The molecule has 2 N–H and O–H groups in total. The number of hydrogen-bond donors (Lipinski definition) is 2. The normalized spacial score (nSPS) is 22.6. The van der Waals surface area contributed by atoms with Gasteiger partial charge in [-0.3, -0.25) is 9.78 Å². The van der Waals surface area contributed by atoms with Crippen LogP contribution in [0.1, 0.15) is 41.7 Å². The zero-order valence-corrected chi connectivity index (χ0v) is 15.0. The Kier molecular flexibility index (Phi) is 7.74. The van der Waals surface area contributed by atoms with Gasteiger partial charge < -0.3 is 15.4 Å². The molecule has 0 aromatic carbocycles. The van der Waals surface area contributed by atoms with Gasteiger partial charge in [-0.15, -0.1) is 24.8 Å². The molecule has 3 rings (SSSR count). The number of pyridine rings is 1. The third-order valence-corrected chi connectivity index (χ3v) is 4.67. The Balaban J connectivity index is 0.00000132. The maximum atomic E-state index is 12.5. The summed E-state index contributed by atoms with van der Waals surface area (Å²) in [4.78, 5) is 16.7. The summed E-state index contributed by atoms with van der Waals surface area (Å²) in [5, 5.41) is 6.57. The minimum absolute atomic E-state index is 0. The van der Waals surface area contributed by atoms with Gasteiger partial charge >= 0.3 is 0 Å². The smallest absolute Gasteiger partial charge is 0.253 e. The first-order valence-corrected chi connectivity index (χ1v) is 7.78. The highest BCUT2D eigenvalue weighted by Crippen LogP contribution is 2.33. The van der Waals surface area contributed by atoms with Crippen molar-refractivity contribution >= 4 is 30.7 Å². The number of rotatable bonds is 2. The van der Waals surface area contributed by atoms with Gasteiger partial charge in [-0.1, -0.05) is 0 Å². The number of aromatic nitrogens is 1. The van der Waals surface area contributed by atoms with Crippen molar-refractivity contribution in [3.8, 4) is 0 Å². The number of nitrogens with zero attached hydrogens (tertiary/aromatic N) is 1. The van der Waals surface area contributed by atoms with Crippen molar-refractivity contribution in [1.82, 2.24) is 15.6 Å². The molecule has 3 heterocycles. The average molecular weight is 362 g/mol. The van der Waals surface area contributed by atoms with Crippen molar-refractivity contribution in [2.75, 3.05) is 19.7 Å². The van der Waals surface area contributed by atoms with E-state index in [0.717, 1.165) is 51.1 Å². The molecular weight excluding hydrogens is 337 g/mol. The largest absolute Gasteiger partial charge is 0.373 e.